The number of carbonyl (C=O) groups is 7. The summed E-state index contributed by atoms with van der Waals surface area (Å²) < 4.78 is 4.55. The Hall–Kier alpha value is -3.71. The highest BCUT2D eigenvalue weighted by Crippen LogP contribution is 2.30. The van der Waals surface area contributed by atoms with Crippen LogP contribution in [0.4, 0.5) is 4.79 Å². The van der Waals surface area contributed by atoms with Crippen molar-refractivity contribution >= 4 is 41.4 Å². The molecule has 1 saturated carbocycles. The lowest BCUT2D eigenvalue weighted by Gasteiger charge is -2.38. The van der Waals surface area contributed by atoms with E-state index in [9.17, 15) is 33.6 Å². The average Bonchev–Trinajstić information content (AvgIpc) is 3.69. The third-order valence-corrected chi connectivity index (χ3v) is 8.33. The molecule has 2 rings (SSSR count). The first-order valence-corrected chi connectivity index (χ1v) is 16.1. The molecule has 0 radical (unpaired) electrons. The summed E-state index contributed by atoms with van der Waals surface area (Å²) in [5, 5.41) is 13.3. The number of Topliss-reactive ketones (excluding diaryl/α,β-unsaturated/α-hetero) is 1. The summed E-state index contributed by atoms with van der Waals surface area (Å²) in [6.45, 7) is 16.0. The van der Waals surface area contributed by atoms with Crippen LogP contribution in [0.15, 0.2) is 0 Å². The predicted octanol–water partition coefficient (Wildman–Crippen LogP) is 1.16. The standard InChI is InChI=1S/C32H54N6O8/c1-11-12-20(22(39)27(42)34-19-13-14-19)35-26(41)21-17(2)15-16-38(21)29(44)24(32(7,8)9)37-28(43)23(31(4,5)6)36-25(40)18(3)33-30(45)46-10/h17-21,23-24H,11-16H2,1-10H3,(H,33,45)(H,34,42)(H,35,41)(H,36,40)(H,37,43)/t17-,18+,20-,21-,23+,24+/m0/s1. The van der Waals surface area contributed by atoms with Gasteiger partial charge >= 0.3 is 6.09 Å². The van der Waals surface area contributed by atoms with Crippen LogP contribution >= 0.6 is 0 Å². The molecule has 2 fully saturated rings. The zero-order chi connectivity index (χ0) is 35.1. The summed E-state index contributed by atoms with van der Waals surface area (Å²) in [7, 11) is 1.17. The minimum absolute atomic E-state index is 0.00642. The number of hydrogen-bond donors (Lipinski definition) is 5. The van der Waals surface area contributed by atoms with E-state index in [2.05, 4.69) is 31.3 Å². The zero-order valence-corrected chi connectivity index (χ0v) is 29.0. The number of rotatable bonds is 13. The number of methoxy groups -OCH3 is 1. The Morgan fingerprint density at radius 2 is 1.39 bits per heavy atom. The minimum atomic E-state index is -1.08. The highest BCUT2D eigenvalue weighted by Gasteiger charge is 2.47. The number of ketones is 1. The van der Waals surface area contributed by atoms with Crippen LogP contribution in [0, 0.1) is 16.7 Å². The predicted molar refractivity (Wildman–Crippen MR) is 170 cm³/mol. The Morgan fingerprint density at radius 3 is 1.89 bits per heavy atom. The molecule has 0 aromatic rings. The van der Waals surface area contributed by atoms with Crippen LogP contribution in [0.5, 0.6) is 0 Å². The third-order valence-electron chi connectivity index (χ3n) is 8.33. The van der Waals surface area contributed by atoms with E-state index < -0.39 is 82.5 Å². The van der Waals surface area contributed by atoms with Crippen LogP contribution in [0.1, 0.15) is 94.4 Å². The van der Waals surface area contributed by atoms with Gasteiger partial charge in [0.25, 0.3) is 5.91 Å². The molecule has 1 saturated heterocycles. The number of hydrogen-bond acceptors (Lipinski definition) is 8. The molecule has 6 atom stereocenters. The van der Waals surface area contributed by atoms with Gasteiger partial charge in [-0.05, 0) is 49.4 Å². The first-order chi connectivity index (χ1) is 21.2. The molecule has 46 heavy (non-hydrogen) atoms. The highest BCUT2D eigenvalue weighted by atomic mass is 16.5. The highest BCUT2D eigenvalue weighted by molar-refractivity contribution is 6.38. The number of ether oxygens (including phenoxy) is 1. The number of alkyl carbamates (subject to hydrolysis) is 1. The Balaban J connectivity index is 2.27. The maximum absolute atomic E-state index is 14.2. The number of carbonyl (C=O) groups excluding carboxylic acids is 7. The van der Waals surface area contributed by atoms with Crippen molar-refractivity contribution in [1.29, 1.82) is 0 Å². The summed E-state index contributed by atoms with van der Waals surface area (Å²) in [6.07, 6.45) is 2.18. The van der Waals surface area contributed by atoms with Crippen molar-refractivity contribution in [2.75, 3.05) is 13.7 Å². The Morgan fingerprint density at radius 1 is 0.826 bits per heavy atom. The number of amides is 6. The number of nitrogens with one attached hydrogen (secondary N) is 5. The van der Waals surface area contributed by atoms with Crippen LogP contribution < -0.4 is 26.6 Å². The quantitative estimate of drug-likeness (QED) is 0.183. The number of likely N-dealkylation sites (tertiary alicyclic amines) is 1. The lowest BCUT2D eigenvalue weighted by molar-refractivity contribution is -0.146. The Bertz CT molecular complexity index is 1170. The molecule has 0 unspecified atom stereocenters. The molecule has 14 nitrogen and oxygen atoms in total. The largest absolute Gasteiger partial charge is 0.453 e. The van der Waals surface area contributed by atoms with Gasteiger partial charge in [0.2, 0.25) is 29.4 Å². The van der Waals surface area contributed by atoms with E-state index >= 15 is 0 Å². The minimum Gasteiger partial charge on any atom is -0.453 e. The number of nitrogens with zero attached hydrogens (tertiary/aromatic N) is 1. The molecule has 1 heterocycles. The third kappa shape index (κ3) is 10.4. The van der Waals surface area contributed by atoms with Crippen molar-refractivity contribution in [3.05, 3.63) is 0 Å². The van der Waals surface area contributed by atoms with Crippen molar-refractivity contribution in [1.82, 2.24) is 31.5 Å². The first kappa shape index (κ1) is 38.5. The van der Waals surface area contributed by atoms with Crippen molar-refractivity contribution in [2.45, 2.75) is 131 Å². The second-order valence-electron chi connectivity index (χ2n) is 14.7. The molecule has 2 aliphatic rings. The van der Waals surface area contributed by atoms with Gasteiger partial charge < -0.3 is 36.2 Å². The Kier molecular flexibility index (Phi) is 13.2. The molecule has 0 aromatic heterocycles. The van der Waals surface area contributed by atoms with Gasteiger partial charge in [0.05, 0.1) is 13.2 Å². The molecule has 0 spiro atoms. The maximum Gasteiger partial charge on any atom is 0.407 e. The first-order valence-electron chi connectivity index (χ1n) is 16.1. The van der Waals surface area contributed by atoms with Crippen molar-refractivity contribution < 1.29 is 38.3 Å². The van der Waals surface area contributed by atoms with Crippen molar-refractivity contribution in [3.63, 3.8) is 0 Å². The van der Waals surface area contributed by atoms with Crippen LogP contribution in [-0.4, -0.2) is 96.2 Å². The van der Waals surface area contributed by atoms with E-state index in [1.165, 1.54) is 18.9 Å². The summed E-state index contributed by atoms with van der Waals surface area (Å²) in [5.74, 6) is -3.92. The fourth-order valence-electron chi connectivity index (χ4n) is 5.34. The van der Waals surface area contributed by atoms with Crippen molar-refractivity contribution in [3.8, 4) is 0 Å². The van der Waals surface area contributed by atoms with E-state index in [0.29, 0.717) is 12.8 Å². The zero-order valence-electron chi connectivity index (χ0n) is 29.0. The molecule has 260 valence electrons. The van der Waals surface area contributed by atoms with Gasteiger partial charge in [-0.1, -0.05) is 61.8 Å². The monoisotopic (exact) mass is 650 g/mol. The van der Waals surface area contributed by atoms with Gasteiger partial charge in [0, 0.05) is 12.6 Å². The van der Waals surface area contributed by atoms with Crippen molar-refractivity contribution in [2.24, 2.45) is 16.7 Å². The molecular weight excluding hydrogens is 596 g/mol. The SMILES string of the molecule is CCC[C@H](NC(=O)[C@@H]1[C@@H](C)CCN1C(=O)[C@@H](NC(=O)[C@@H](NC(=O)[C@@H](C)NC(=O)OC)C(C)(C)C)C(C)(C)C)C(=O)C(=O)NC1CC1. The van der Waals surface area contributed by atoms with Gasteiger partial charge in [-0.15, -0.1) is 0 Å². The molecule has 0 aromatic carbocycles. The van der Waals surface area contributed by atoms with E-state index in [0.717, 1.165) is 12.8 Å². The lowest BCUT2D eigenvalue weighted by atomic mass is 9.82. The van der Waals surface area contributed by atoms with Gasteiger partial charge in [0.1, 0.15) is 24.2 Å². The van der Waals surface area contributed by atoms with Gasteiger partial charge in [-0.3, -0.25) is 28.8 Å². The second-order valence-corrected chi connectivity index (χ2v) is 14.7. The molecule has 0 bridgehead atoms. The van der Waals surface area contributed by atoms with E-state index in [1.54, 1.807) is 41.5 Å². The average molecular weight is 651 g/mol. The van der Waals surface area contributed by atoms with Gasteiger partial charge in [-0.25, -0.2) is 4.79 Å². The maximum atomic E-state index is 14.2. The molecular formula is C32H54N6O8. The Labute approximate surface area is 272 Å². The van der Waals surface area contributed by atoms with Gasteiger partial charge in [0.15, 0.2) is 0 Å². The molecule has 1 aliphatic heterocycles. The summed E-state index contributed by atoms with van der Waals surface area (Å²) >= 11 is 0. The molecule has 14 heteroatoms. The van der Waals surface area contributed by atoms with Gasteiger partial charge in [-0.2, -0.15) is 0 Å². The summed E-state index contributed by atoms with van der Waals surface area (Å²) in [5.41, 5.74) is -1.58. The summed E-state index contributed by atoms with van der Waals surface area (Å²) in [6, 6.07) is -5.11. The molecule has 1 aliphatic carbocycles. The second kappa shape index (κ2) is 15.7. The van der Waals surface area contributed by atoms with Crippen LogP contribution in [-0.2, 0) is 33.5 Å². The van der Waals surface area contributed by atoms with Crippen LogP contribution in [0.2, 0.25) is 0 Å². The smallest absolute Gasteiger partial charge is 0.407 e. The topological polar surface area (TPSA) is 192 Å². The van der Waals surface area contributed by atoms with Crippen LogP contribution in [0.25, 0.3) is 0 Å². The van der Waals surface area contributed by atoms with E-state index in [1.807, 2.05) is 13.8 Å². The fourth-order valence-corrected chi connectivity index (χ4v) is 5.34. The van der Waals surface area contributed by atoms with E-state index in [-0.39, 0.29) is 24.9 Å². The molecule has 6 amide bonds. The summed E-state index contributed by atoms with van der Waals surface area (Å²) in [4.78, 5) is 92.9. The lowest BCUT2D eigenvalue weighted by Crippen LogP contribution is -2.63. The normalized spacial score (nSPS) is 20.8. The van der Waals surface area contributed by atoms with E-state index in [4.69, 9.17) is 0 Å². The molecule has 5 N–H and O–H groups in total. The van der Waals surface area contributed by atoms with Crippen LogP contribution in [0.3, 0.4) is 0 Å². The fraction of sp³-hybridized carbons (Fsp3) is 0.781.